The molecule has 1 fully saturated rings. The van der Waals surface area contributed by atoms with E-state index in [0.29, 0.717) is 5.92 Å². The topological polar surface area (TPSA) is 18.5 Å². The fourth-order valence-corrected chi connectivity index (χ4v) is 3.12. The molecule has 122 valence electrons. The Hall–Kier alpha value is -1.13. The molecule has 1 unspecified atom stereocenters. The molecule has 3 nitrogen and oxygen atoms in total. The van der Waals surface area contributed by atoms with Crippen LogP contribution >= 0.6 is 12.2 Å². The van der Waals surface area contributed by atoms with Gasteiger partial charge in [-0.2, -0.15) is 0 Å². The number of thiocarbonyl (C=S) groups is 1. The average molecular weight is 320 g/mol. The summed E-state index contributed by atoms with van der Waals surface area (Å²) in [7, 11) is 0. The lowest BCUT2D eigenvalue weighted by Gasteiger charge is -2.36. The van der Waals surface area contributed by atoms with E-state index in [1.807, 2.05) is 0 Å². The third-order valence-electron chi connectivity index (χ3n) is 4.54. The third kappa shape index (κ3) is 4.68. The van der Waals surface area contributed by atoms with Crippen LogP contribution < -0.4 is 5.32 Å². The van der Waals surface area contributed by atoms with Gasteiger partial charge in [-0.25, -0.2) is 0 Å². The molecule has 1 atom stereocenters. The van der Waals surface area contributed by atoms with E-state index in [2.05, 4.69) is 60.2 Å². The number of hydrogen-bond donors (Lipinski definition) is 1. The van der Waals surface area contributed by atoms with E-state index in [1.54, 1.807) is 0 Å². The van der Waals surface area contributed by atoms with Gasteiger partial charge in [0.25, 0.3) is 0 Å². The number of benzene rings is 1. The molecule has 4 heteroatoms. The van der Waals surface area contributed by atoms with Crippen molar-refractivity contribution in [3.63, 3.8) is 0 Å². The molecule has 1 N–H and O–H groups in total. The van der Waals surface area contributed by atoms with Crippen LogP contribution in [-0.4, -0.2) is 47.6 Å². The highest BCUT2D eigenvalue weighted by molar-refractivity contribution is 7.80. The SMILES string of the molecule is CCCN1CCN(C(=S)Nc2ccc(C(C)CC)cc2)CC1. The first-order chi connectivity index (χ1) is 10.6. The first-order valence-electron chi connectivity index (χ1n) is 8.52. The van der Waals surface area contributed by atoms with Gasteiger partial charge in [-0.15, -0.1) is 0 Å². The Morgan fingerprint density at radius 3 is 2.32 bits per heavy atom. The second-order valence-corrected chi connectivity index (χ2v) is 6.58. The molecule has 0 amide bonds. The van der Waals surface area contributed by atoms with Gasteiger partial charge in [0.05, 0.1) is 0 Å². The molecule has 0 radical (unpaired) electrons. The van der Waals surface area contributed by atoms with Crippen molar-refractivity contribution >= 4 is 23.0 Å². The summed E-state index contributed by atoms with van der Waals surface area (Å²) in [5.41, 5.74) is 2.49. The molecular weight excluding hydrogens is 290 g/mol. The van der Waals surface area contributed by atoms with Gasteiger partial charge in [-0.3, -0.25) is 4.90 Å². The van der Waals surface area contributed by atoms with Crippen molar-refractivity contribution in [2.75, 3.05) is 38.0 Å². The van der Waals surface area contributed by atoms with Crippen LogP contribution in [-0.2, 0) is 0 Å². The third-order valence-corrected chi connectivity index (χ3v) is 4.90. The first-order valence-corrected chi connectivity index (χ1v) is 8.93. The Morgan fingerprint density at radius 2 is 1.77 bits per heavy atom. The molecular formula is C18H29N3S. The van der Waals surface area contributed by atoms with Crippen LogP contribution in [0.4, 0.5) is 5.69 Å². The molecule has 0 bridgehead atoms. The number of anilines is 1. The van der Waals surface area contributed by atoms with Crippen LogP contribution in [0.25, 0.3) is 0 Å². The lowest BCUT2D eigenvalue weighted by molar-refractivity contribution is 0.184. The smallest absolute Gasteiger partial charge is 0.173 e. The number of nitrogens with zero attached hydrogens (tertiary/aromatic N) is 2. The average Bonchev–Trinajstić information content (AvgIpc) is 2.55. The Morgan fingerprint density at radius 1 is 1.14 bits per heavy atom. The van der Waals surface area contributed by atoms with E-state index in [4.69, 9.17) is 12.2 Å². The summed E-state index contributed by atoms with van der Waals surface area (Å²) in [5.74, 6) is 0.618. The van der Waals surface area contributed by atoms with Gasteiger partial charge in [0.2, 0.25) is 0 Å². The zero-order valence-corrected chi connectivity index (χ0v) is 15.0. The lowest BCUT2D eigenvalue weighted by atomic mass is 9.99. The highest BCUT2D eigenvalue weighted by Crippen LogP contribution is 2.20. The molecule has 2 rings (SSSR count). The van der Waals surface area contributed by atoms with Crippen molar-refractivity contribution in [3.05, 3.63) is 29.8 Å². The number of piperazine rings is 1. The largest absolute Gasteiger partial charge is 0.346 e. The molecule has 1 aliphatic rings. The van der Waals surface area contributed by atoms with Crippen LogP contribution in [0.1, 0.15) is 45.1 Å². The monoisotopic (exact) mass is 319 g/mol. The van der Waals surface area contributed by atoms with Gasteiger partial charge in [-0.1, -0.05) is 32.9 Å². The van der Waals surface area contributed by atoms with Crippen LogP contribution in [0.2, 0.25) is 0 Å². The lowest BCUT2D eigenvalue weighted by Crippen LogP contribution is -2.49. The minimum Gasteiger partial charge on any atom is -0.346 e. The van der Waals surface area contributed by atoms with Gasteiger partial charge < -0.3 is 10.2 Å². The molecule has 1 heterocycles. The zero-order valence-electron chi connectivity index (χ0n) is 14.1. The van der Waals surface area contributed by atoms with E-state index in [-0.39, 0.29) is 0 Å². The normalized spacial score (nSPS) is 17.3. The number of hydrogen-bond acceptors (Lipinski definition) is 2. The van der Waals surface area contributed by atoms with Crippen molar-refractivity contribution in [1.29, 1.82) is 0 Å². The zero-order chi connectivity index (χ0) is 15.9. The first kappa shape index (κ1) is 17.2. The van der Waals surface area contributed by atoms with Crippen LogP contribution in [0.3, 0.4) is 0 Å². The molecule has 1 saturated heterocycles. The van der Waals surface area contributed by atoms with Crippen molar-refractivity contribution in [1.82, 2.24) is 9.80 Å². The minimum absolute atomic E-state index is 0.618. The molecule has 1 aromatic carbocycles. The van der Waals surface area contributed by atoms with Crippen molar-refractivity contribution in [2.24, 2.45) is 0 Å². The van der Waals surface area contributed by atoms with E-state index < -0.39 is 0 Å². The predicted octanol–water partition coefficient (Wildman–Crippen LogP) is 3.92. The molecule has 0 aliphatic carbocycles. The Kier molecular flexibility index (Phi) is 6.65. The number of rotatable bonds is 5. The minimum atomic E-state index is 0.618. The highest BCUT2D eigenvalue weighted by atomic mass is 32.1. The molecule has 22 heavy (non-hydrogen) atoms. The fourth-order valence-electron chi connectivity index (χ4n) is 2.82. The maximum absolute atomic E-state index is 5.56. The Balaban J connectivity index is 1.84. The fraction of sp³-hybridized carbons (Fsp3) is 0.611. The molecule has 0 aromatic heterocycles. The van der Waals surface area contributed by atoms with Crippen molar-refractivity contribution < 1.29 is 0 Å². The maximum Gasteiger partial charge on any atom is 0.173 e. The van der Waals surface area contributed by atoms with Crippen LogP contribution in [0.5, 0.6) is 0 Å². The molecule has 1 aliphatic heterocycles. The van der Waals surface area contributed by atoms with E-state index in [1.165, 1.54) is 24.9 Å². The van der Waals surface area contributed by atoms with Gasteiger partial charge in [-0.05, 0) is 55.2 Å². The maximum atomic E-state index is 5.56. The molecule has 0 spiro atoms. The van der Waals surface area contributed by atoms with Crippen LogP contribution in [0.15, 0.2) is 24.3 Å². The molecule has 0 saturated carbocycles. The summed E-state index contributed by atoms with van der Waals surface area (Å²) < 4.78 is 0. The summed E-state index contributed by atoms with van der Waals surface area (Å²) in [6.07, 6.45) is 2.40. The standard InChI is InChI=1S/C18H29N3S/c1-4-10-20-11-13-21(14-12-20)18(22)19-17-8-6-16(7-9-17)15(3)5-2/h6-9,15H,4-5,10-14H2,1-3H3,(H,19,22). The second-order valence-electron chi connectivity index (χ2n) is 6.19. The summed E-state index contributed by atoms with van der Waals surface area (Å²) in [5, 5.41) is 4.24. The summed E-state index contributed by atoms with van der Waals surface area (Å²) in [4.78, 5) is 4.80. The second kappa shape index (κ2) is 8.49. The summed E-state index contributed by atoms with van der Waals surface area (Å²) in [6, 6.07) is 8.69. The van der Waals surface area contributed by atoms with Gasteiger partial charge in [0.15, 0.2) is 5.11 Å². The Labute approximate surface area is 140 Å². The highest BCUT2D eigenvalue weighted by Gasteiger charge is 2.18. The summed E-state index contributed by atoms with van der Waals surface area (Å²) in [6.45, 7) is 12.2. The van der Waals surface area contributed by atoms with Gasteiger partial charge in [0.1, 0.15) is 0 Å². The van der Waals surface area contributed by atoms with Crippen molar-refractivity contribution in [3.8, 4) is 0 Å². The van der Waals surface area contributed by atoms with Crippen molar-refractivity contribution in [2.45, 2.75) is 39.5 Å². The van der Waals surface area contributed by atoms with E-state index in [9.17, 15) is 0 Å². The van der Waals surface area contributed by atoms with E-state index >= 15 is 0 Å². The number of nitrogens with one attached hydrogen (secondary N) is 1. The Bertz CT molecular complexity index is 464. The summed E-state index contributed by atoms with van der Waals surface area (Å²) >= 11 is 5.56. The van der Waals surface area contributed by atoms with Crippen LogP contribution in [0, 0.1) is 0 Å². The quantitative estimate of drug-likeness (QED) is 0.829. The van der Waals surface area contributed by atoms with Gasteiger partial charge >= 0.3 is 0 Å². The van der Waals surface area contributed by atoms with E-state index in [0.717, 1.165) is 37.0 Å². The molecule has 1 aromatic rings. The predicted molar refractivity (Wildman–Crippen MR) is 99.7 cm³/mol. The van der Waals surface area contributed by atoms with Gasteiger partial charge in [0, 0.05) is 31.9 Å².